The maximum Gasteiger partial charge on any atom is 0.243 e. The summed E-state index contributed by atoms with van der Waals surface area (Å²) >= 11 is 5.80. The van der Waals surface area contributed by atoms with Crippen molar-refractivity contribution in [2.24, 2.45) is 5.92 Å². The molecule has 1 fully saturated rings. The molecule has 3 rings (SSSR count). The Labute approximate surface area is 187 Å². The second kappa shape index (κ2) is 10.9. The van der Waals surface area contributed by atoms with Crippen LogP contribution in [-0.2, 0) is 19.6 Å². The smallest absolute Gasteiger partial charge is 0.243 e. The summed E-state index contributed by atoms with van der Waals surface area (Å²) in [4.78, 5) is 16.7. The van der Waals surface area contributed by atoms with Gasteiger partial charge in [-0.25, -0.2) is 13.4 Å². The summed E-state index contributed by atoms with van der Waals surface area (Å²) in [6.45, 7) is 3.97. The van der Waals surface area contributed by atoms with Crippen molar-refractivity contribution in [3.63, 3.8) is 0 Å². The molecule has 0 bridgehead atoms. The number of anilines is 1. The molecule has 0 unspecified atom stereocenters. The highest BCUT2D eigenvalue weighted by Gasteiger charge is 2.32. The van der Waals surface area contributed by atoms with E-state index in [-0.39, 0.29) is 29.8 Å². The molecule has 2 aromatic rings. The van der Waals surface area contributed by atoms with Crippen LogP contribution in [0.4, 0.5) is 5.82 Å². The third kappa shape index (κ3) is 6.39. The van der Waals surface area contributed by atoms with Crippen LogP contribution in [0.25, 0.3) is 0 Å². The maximum atomic E-state index is 12.9. The number of nitrogens with zero attached hydrogens (tertiary/aromatic N) is 2. The molecule has 10 heteroatoms. The number of benzene rings is 1. The Morgan fingerprint density at radius 2 is 1.87 bits per heavy atom. The SMILES string of the molecule is CCOCCOc1ccc(S(=O)(=O)N2CCC(C(=O)Nc3ccc(Cl)cn3)CC2)cc1. The highest BCUT2D eigenvalue weighted by molar-refractivity contribution is 7.89. The highest BCUT2D eigenvalue weighted by Crippen LogP contribution is 2.26. The van der Waals surface area contributed by atoms with Crippen molar-refractivity contribution in [3.05, 3.63) is 47.6 Å². The molecule has 1 aliphatic heterocycles. The Morgan fingerprint density at radius 3 is 2.48 bits per heavy atom. The van der Waals surface area contributed by atoms with Gasteiger partial charge in [0.25, 0.3) is 0 Å². The van der Waals surface area contributed by atoms with Crippen molar-refractivity contribution in [2.75, 3.05) is 38.2 Å². The van der Waals surface area contributed by atoms with Crippen molar-refractivity contribution in [1.82, 2.24) is 9.29 Å². The van der Waals surface area contributed by atoms with Crippen molar-refractivity contribution in [1.29, 1.82) is 0 Å². The van der Waals surface area contributed by atoms with E-state index in [0.717, 1.165) is 0 Å². The molecule has 0 spiro atoms. The fourth-order valence-electron chi connectivity index (χ4n) is 3.26. The van der Waals surface area contributed by atoms with Crippen LogP contribution in [0.1, 0.15) is 19.8 Å². The fourth-order valence-corrected chi connectivity index (χ4v) is 4.84. The van der Waals surface area contributed by atoms with Crippen LogP contribution in [0, 0.1) is 5.92 Å². The standard InChI is InChI=1S/C21H26ClN3O5S/c1-2-29-13-14-30-18-4-6-19(7-5-18)31(27,28)25-11-9-16(10-12-25)21(26)24-20-8-3-17(22)15-23-20/h3-8,15-16H,2,9-14H2,1H3,(H,23,24,26). The van der Waals surface area contributed by atoms with E-state index in [9.17, 15) is 13.2 Å². The zero-order valence-corrected chi connectivity index (χ0v) is 18.9. The number of pyridine rings is 1. The number of sulfonamides is 1. The number of aromatic nitrogens is 1. The van der Waals surface area contributed by atoms with Crippen molar-refractivity contribution < 1.29 is 22.7 Å². The van der Waals surface area contributed by atoms with Crippen LogP contribution < -0.4 is 10.1 Å². The van der Waals surface area contributed by atoms with E-state index in [2.05, 4.69) is 10.3 Å². The van der Waals surface area contributed by atoms with Gasteiger partial charge in [-0.05, 0) is 56.2 Å². The molecular formula is C21H26ClN3O5S. The number of amides is 1. The van der Waals surface area contributed by atoms with Gasteiger partial charge in [-0.15, -0.1) is 0 Å². The minimum atomic E-state index is -3.63. The van der Waals surface area contributed by atoms with Crippen molar-refractivity contribution in [2.45, 2.75) is 24.7 Å². The molecule has 0 atom stereocenters. The summed E-state index contributed by atoms with van der Waals surface area (Å²) in [5.74, 6) is 0.573. The molecule has 1 aliphatic rings. The minimum absolute atomic E-state index is 0.166. The Bertz CT molecular complexity index is 960. The number of rotatable bonds is 9. The van der Waals surface area contributed by atoms with Crippen LogP contribution in [0.2, 0.25) is 5.02 Å². The van der Waals surface area contributed by atoms with Crippen molar-refractivity contribution in [3.8, 4) is 5.75 Å². The molecule has 0 radical (unpaired) electrons. The lowest BCUT2D eigenvalue weighted by molar-refractivity contribution is -0.120. The number of nitrogens with one attached hydrogen (secondary N) is 1. The molecule has 0 saturated carbocycles. The van der Waals surface area contributed by atoms with Gasteiger partial charge in [0.2, 0.25) is 15.9 Å². The Morgan fingerprint density at radius 1 is 1.16 bits per heavy atom. The van der Waals surface area contributed by atoms with Crippen LogP contribution in [0.15, 0.2) is 47.5 Å². The highest BCUT2D eigenvalue weighted by atomic mass is 35.5. The lowest BCUT2D eigenvalue weighted by atomic mass is 9.97. The minimum Gasteiger partial charge on any atom is -0.491 e. The van der Waals surface area contributed by atoms with Crippen LogP contribution in [-0.4, -0.2) is 56.5 Å². The number of hydrogen-bond acceptors (Lipinski definition) is 6. The van der Waals surface area contributed by atoms with Gasteiger partial charge >= 0.3 is 0 Å². The van der Waals surface area contributed by atoms with E-state index in [4.69, 9.17) is 21.1 Å². The van der Waals surface area contributed by atoms with Gasteiger partial charge in [0, 0.05) is 31.8 Å². The Kier molecular flexibility index (Phi) is 8.25. The molecule has 2 heterocycles. The second-order valence-corrected chi connectivity index (χ2v) is 9.42. The molecule has 1 N–H and O–H groups in total. The van der Waals surface area contributed by atoms with Gasteiger partial charge in [-0.1, -0.05) is 11.6 Å². The van der Waals surface area contributed by atoms with Gasteiger partial charge < -0.3 is 14.8 Å². The maximum absolute atomic E-state index is 12.9. The van der Waals surface area contributed by atoms with Gasteiger partial charge in [-0.2, -0.15) is 4.31 Å². The average molecular weight is 468 g/mol. The molecule has 31 heavy (non-hydrogen) atoms. The first-order chi connectivity index (χ1) is 14.9. The third-order valence-electron chi connectivity index (χ3n) is 4.97. The molecule has 1 aromatic carbocycles. The number of hydrogen-bond donors (Lipinski definition) is 1. The van der Waals surface area contributed by atoms with Crippen LogP contribution in [0.5, 0.6) is 5.75 Å². The lowest BCUT2D eigenvalue weighted by Gasteiger charge is -2.30. The van der Waals surface area contributed by atoms with Gasteiger partial charge in [0.1, 0.15) is 18.2 Å². The van der Waals surface area contributed by atoms with Crippen LogP contribution >= 0.6 is 11.6 Å². The number of carbonyl (C=O) groups excluding carboxylic acids is 1. The van der Waals surface area contributed by atoms with Crippen LogP contribution in [0.3, 0.4) is 0 Å². The summed E-state index contributed by atoms with van der Waals surface area (Å²) < 4.78 is 38.0. The number of ether oxygens (including phenoxy) is 2. The fraction of sp³-hybridized carbons (Fsp3) is 0.429. The molecular weight excluding hydrogens is 442 g/mol. The first-order valence-electron chi connectivity index (χ1n) is 10.1. The van der Waals surface area contributed by atoms with E-state index < -0.39 is 10.0 Å². The zero-order valence-electron chi connectivity index (χ0n) is 17.3. The monoisotopic (exact) mass is 467 g/mol. The Balaban J connectivity index is 1.53. The van der Waals surface area contributed by atoms with E-state index in [1.165, 1.54) is 22.6 Å². The molecule has 8 nitrogen and oxygen atoms in total. The predicted octanol–water partition coefficient (Wildman–Crippen LogP) is 3.19. The third-order valence-corrected chi connectivity index (χ3v) is 7.10. The molecule has 168 valence electrons. The topological polar surface area (TPSA) is 97.8 Å². The largest absolute Gasteiger partial charge is 0.491 e. The predicted molar refractivity (Wildman–Crippen MR) is 118 cm³/mol. The van der Waals surface area contributed by atoms with Gasteiger partial charge in [0.05, 0.1) is 16.5 Å². The van der Waals surface area contributed by atoms with Gasteiger partial charge in [-0.3, -0.25) is 4.79 Å². The first-order valence-corrected chi connectivity index (χ1v) is 11.9. The first kappa shape index (κ1) is 23.5. The number of halogens is 1. The molecule has 1 amide bonds. The molecule has 1 aromatic heterocycles. The summed E-state index contributed by atoms with van der Waals surface area (Å²) in [5, 5.41) is 3.24. The lowest BCUT2D eigenvalue weighted by Crippen LogP contribution is -2.41. The van der Waals surface area contributed by atoms with E-state index in [0.29, 0.717) is 49.3 Å². The molecule has 0 aliphatic carbocycles. The second-order valence-electron chi connectivity index (χ2n) is 7.05. The summed E-state index contributed by atoms with van der Waals surface area (Å²) in [6, 6.07) is 9.63. The summed E-state index contributed by atoms with van der Waals surface area (Å²) in [7, 11) is -3.63. The summed E-state index contributed by atoms with van der Waals surface area (Å²) in [5.41, 5.74) is 0. The zero-order chi connectivity index (χ0) is 22.3. The number of carbonyl (C=O) groups is 1. The van der Waals surface area contributed by atoms with E-state index >= 15 is 0 Å². The quantitative estimate of drug-likeness (QED) is 0.569. The van der Waals surface area contributed by atoms with Gasteiger partial charge in [0.15, 0.2) is 0 Å². The average Bonchev–Trinajstić information content (AvgIpc) is 2.78. The number of piperidine rings is 1. The van der Waals surface area contributed by atoms with E-state index in [1.807, 2.05) is 6.92 Å². The Hall–Kier alpha value is -2.20. The molecule has 1 saturated heterocycles. The normalized spacial score (nSPS) is 15.5. The summed E-state index contributed by atoms with van der Waals surface area (Å²) in [6.07, 6.45) is 2.34. The van der Waals surface area contributed by atoms with E-state index in [1.54, 1.807) is 24.3 Å². The van der Waals surface area contributed by atoms with Crippen molar-refractivity contribution >= 4 is 33.3 Å².